The number of hydrogen-bond acceptors (Lipinski definition) is 4. The lowest BCUT2D eigenvalue weighted by molar-refractivity contribution is 0.286. The number of phenolic OH excluding ortho intramolecular Hbond substituents is 1. The Morgan fingerprint density at radius 1 is 1.20 bits per heavy atom. The number of benzene rings is 1. The molecule has 0 aliphatic rings. The minimum absolute atomic E-state index is 0.0931. The predicted octanol–water partition coefficient (Wildman–Crippen LogP) is 2.06. The van der Waals surface area contributed by atoms with E-state index < -0.39 is 0 Å². The van der Waals surface area contributed by atoms with E-state index in [2.05, 4.69) is 0 Å². The summed E-state index contributed by atoms with van der Waals surface area (Å²) in [5.74, 6) is 0.842. The van der Waals surface area contributed by atoms with Crippen molar-refractivity contribution in [3.05, 3.63) is 17.7 Å². The molecule has 15 heavy (non-hydrogen) atoms. The molecular formula is C11H13NO3. The maximum atomic E-state index is 9.45. The number of rotatable bonds is 4. The predicted molar refractivity (Wildman–Crippen MR) is 55.2 cm³/mol. The molecule has 0 aromatic heterocycles. The molecule has 0 aliphatic carbocycles. The van der Waals surface area contributed by atoms with E-state index in [4.69, 9.17) is 14.7 Å². The Kier molecular flexibility index (Phi) is 3.81. The van der Waals surface area contributed by atoms with Crippen LogP contribution < -0.4 is 9.47 Å². The molecule has 0 bridgehead atoms. The summed E-state index contributed by atoms with van der Waals surface area (Å²) in [6, 6.07) is 4.75. The standard InChI is InChI=1S/C11H13NO3/c1-3-14-10-5-8(7-12)9(13)6-11(10)15-4-2/h5-6,13H,3-4H2,1-2H3. The minimum atomic E-state index is -0.0931. The summed E-state index contributed by atoms with van der Waals surface area (Å²) < 4.78 is 10.6. The van der Waals surface area contributed by atoms with Gasteiger partial charge in [0.2, 0.25) is 0 Å². The molecule has 1 rings (SSSR count). The summed E-state index contributed by atoms with van der Waals surface area (Å²) in [5, 5.41) is 18.2. The highest BCUT2D eigenvalue weighted by Crippen LogP contribution is 2.34. The molecule has 0 radical (unpaired) electrons. The normalized spacial score (nSPS) is 9.40. The largest absolute Gasteiger partial charge is 0.506 e. The van der Waals surface area contributed by atoms with Crippen LogP contribution in [-0.4, -0.2) is 18.3 Å². The van der Waals surface area contributed by atoms with Crippen molar-refractivity contribution in [2.24, 2.45) is 0 Å². The Labute approximate surface area is 88.7 Å². The van der Waals surface area contributed by atoms with Crippen molar-refractivity contribution in [3.8, 4) is 23.3 Å². The lowest BCUT2D eigenvalue weighted by Gasteiger charge is -2.11. The van der Waals surface area contributed by atoms with Crippen LogP contribution in [0.25, 0.3) is 0 Å². The Hall–Kier alpha value is -1.89. The Balaban J connectivity index is 3.14. The summed E-state index contributed by atoms with van der Waals surface area (Å²) >= 11 is 0. The number of nitriles is 1. The zero-order valence-electron chi connectivity index (χ0n) is 8.78. The summed E-state index contributed by atoms with van der Waals surface area (Å²) in [4.78, 5) is 0. The highest BCUT2D eigenvalue weighted by Gasteiger charge is 2.10. The summed E-state index contributed by atoms with van der Waals surface area (Å²) in [7, 11) is 0. The van der Waals surface area contributed by atoms with E-state index in [0.717, 1.165) is 0 Å². The van der Waals surface area contributed by atoms with Crippen LogP contribution in [0.1, 0.15) is 19.4 Å². The summed E-state index contributed by atoms with van der Waals surface area (Å²) in [6.45, 7) is 4.64. The molecule has 1 aromatic rings. The van der Waals surface area contributed by atoms with E-state index >= 15 is 0 Å². The average Bonchev–Trinajstić information content (AvgIpc) is 2.22. The number of aromatic hydroxyl groups is 1. The topological polar surface area (TPSA) is 62.5 Å². The van der Waals surface area contributed by atoms with Crippen LogP contribution in [0.5, 0.6) is 17.2 Å². The highest BCUT2D eigenvalue weighted by atomic mass is 16.5. The molecule has 0 aliphatic heterocycles. The molecule has 0 atom stereocenters. The third-order valence-electron chi connectivity index (χ3n) is 1.78. The van der Waals surface area contributed by atoms with E-state index in [1.807, 2.05) is 19.9 Å². The van der Waals surface area contributed by atoms with Gasteiger partial charge in [0.05, 0.1) is 18.8 Å². The van der Waals surface area contributed by atoms with Crippen molar-refractivity contribution in [1.82, 2.24) is 0 Å². The van der Waals surface area contributed by atoms with Gasteiger partial charge in [0, 0.05) is 12.1 Å². The first-order valence-electron chi connectivity index (χ1n) is 4.75. The first-order valence-corrected chi connectivity index (χ1v) is 4.75. The van der Waals surface area contributed by atoms with Gasteiger partial charge in [0.25, 0.3) is 0 Å². The van der Waals surface area contributed by atoms with Crippen molar-refractivity contribution in [1.29, 1.82) is 5.26 Å². The van der Waals surface area contributed by atoms with Gasteiger partial charge in [-0.1, -0.05) is 0 Å². The molecule has 80 valence electrons. The first-order chi connectivity index (χ1) is 7.22. The number of nitrogens with zero attached hydrogens (tertiary/aromatic N) is 1. The molecule has 0 unspecified atom stereocenters. The molecule has 0 heterocycles. The number of ether oxygens (including phenoxy) is 2. The SMILES string of the molecule is CCOc1cc(O)c(C#N)cc1OCC. The Morgan fingerprint density at radius 3 is 2.20 bits per heavy atom. The molecule has 4 heteroatoms. The molecule has 1 N–H and O–H groups in total. The van der Waals surface area contributed by atoms with E-state index in [1.54, 1.807) is 0 Å². The molecule has 0 saturated carbocycles. The molecule has 0 amide bonds. The first kappa shape index (κ1) is 11.2. The second-order valence-corrected chi connectivity index (χ2v) is 2.79. The van der Waals surface area contributed by atoms with Crippen molar-refractivity contribution in [2.75, 3.05) is 13.2 Å². The fourth-order valence-electron chi connectivity index (χ4n) is 1.18. The molecule has 0 fully saturated rings. The Morgan fingerprint density at radius 2 is 1.73 bits per heavy atom. The van der Waals surface area contributed by atoms with Crippen molar-refractivity contribution < 1.29 is 14.6 Å². The van der Waals surface area contributed by atoms with Crippen molar-refractivity contribution in [3.63, 3.8) is 0 Å². The van der Waals surface area contributed by atoms with E-state index in [0.29, 0.717) is 24.7 Å². The number of phenols is 1. The Bertz CT molecular complexity index is 382. The molecule has 0 spiro atoms. The maximum absolute atomic E-state index is 9.45. The van der Waals surface area contributed by atoms with Gasteiger partial charge >= 0.3 is 0 Å². The summed E-state index contributed by atoms with van der Waals surface area (Å²) in [6.07, 6.45) is 0. The second kappa shape index (κ2) is 5.11. The van der Waals surface area contributed by atoms with Crippen LogP contribution in [0.4, 0.5) is 0 Å². The van der Waals surface area contributed by atoms with Gasteiger partial charge in [0.15, 0.2) is 11.5 Å². The van der Waals surface area contributed by atoms with Gasteiger partial charge in [-0.2, -0.15) is 5.26 Å². The van der Waals surface area contributed by atoms with Crippen LogP contribution in [0.2, 0.25) is 0 Å². The van der Waals surface area contributed by atoms with Gasteiger partial charge < -0.3 is 14.6 Å². The zero-order valence-corrected chi connectivity index (χ0v) is 8.78. The van der Waals surface area contributed by atoms with Gasteiger partial charge in [-0.3, -0.25) is 0 Å². The minimum Gasteiger partial charge on any atom is -0.506 e. The van der Waals surface area contributed by atoms with Crippen LogP contribution in [-0.2, 0) is 0 Å². The lowest BCUT2D eigenvalue weighted by atomic mass is 10.2. The summed E-state index contributed by atoms with van der Waals surface area (Å²) in [5.41, 5.74) is 0.182. The molecule has 1 aromatic carbocycles. The molecule has 4 nitrogen and oxygen atoms in total. The quantitative estimate of drug-likeness (QED) is 0.820. The second-order valence-electron chi connectivity index (χ2n) is 2.79. The van der Waals surface area contributed by atoms with E-state index in [9.17, 15) is 5.11 Å². The van der Waals surface area contributed by atoms with Crippen LogP contribution in [0, 0.1) is 11.3 Å². The van der Waals surface area contributed by atoms with Crippen molar-refractivity contribution >= 4 is 0 Å². The smallest absolute Gasteiger partial charge is 0.164 e. The average molecular weight is 207 g/mol. The van der Waals surface area contributed by atoms with Crippen LogP contribution in [0.3, 0.4) is 0 Å². The molecule has 0 saturated heterocycles. The van der Waals surface area contributed by atoms with Gasteiger partial charge in [-0.25, -0.2) is 0 Å². The van der Waals surface area contributed by atoms with Gasteiger partial charge in [-0.15, -0.1) is 0 Å². The highest BCUT2D eigenvalue weighted by molar-refractivity contribution is 5.54. The van der Waals surface area contributed by atoms with E-state index in [-0.39, 0.29) is 11.3 Å². The van der Waals surface area contributed by atoms with Crippen LogP contribution >= 0.6 is 0 Å². The third-order valence-corrected chi connectivity index (χ3v) is 1.78. The molecular weight excluding hydrogens is 194 g/mol. The fraction of sp³-hybridized carbons (Fsp3) is 0.364. The lowest BCUT2D eigenvalue weighted by Crippen LogP contribution is -1.98. The fourth-order valence-corrected chi connectivity index (χ4v) is 1.18. The van der Waals surface area contributed by atoms with Gasteiger partial charge in [-0.05, 0) is 13.8 Å². The third kappa shape index (κ3) is 2.53. The van der Waals surface area contributed by atoms with Crippen molar-refractivity contribution in [2.45, 2.75) is 13.8 Å². The van der Waals surface area contributed by atoms with E-state index in [1.165, 1.54) is 12.1 Å². The monoisotopic (exact) mass is 207 g/mol. The number of hydrogen-bond donors (Lipinski definition) is 1. The zero-order chi connectivity index (χ0) is 11.3. The van der Waals surface area contributed by atoms with Crippen LogP contribution in [0.15, 0.2) is 12.1 Å². The maximum Gasteiger partial charge on any atom is 0.164 e. The van der Waals surface area contributed by atoms with Gasteiger partial charge in [0.1, 0.15) is 11.8 Å².